The van der Waals surface area contributed by atoms with Gasteiger partial charge in [-0.2, -0.15) is 0 Å². The molecule has 6 nitrogen and oxygen atoms in total. The van der Waals surface area contributed by atoms with E-state index in [1.54, 1.807) is 0 Å². The monoisotopic (exact) mass is 789 g/mol. The van der Waals surface area contributed by atoms with Gasteiger partial charge in [-0.15, -0.1) is 0 Å². The lowest BCUT2D eigenvalue weighted by Crippen LogP contribution is -2.30. The van der Waals surface area contributed by atoms with E-state index in [2.05, 4.69) is 45.1 Å². The summed E-state index contributed by atoms with van der Waals surface area (Å²) in [7, 11) is 0. The second-order valence-electron chi connectivity index (χ2n) is 16.4. The van der Waals surface area contributed by atoms with Crippen molar-refractivity contribution >= 4 is 17.9 Å². The molecule has 0 heterocycles. The SMILES string of the molecule is CCCCC/C=C\C=C/CCCCCCCCC(=O)OCC(COC(=O)CCCCCCCCCCC)OC(=O)CCCCCCCCCCCCCCCC. The Morgan fingerprint density at radius 3 is 0.982 bits per heavy atom. The van der Waals surface area contributed by atoms with Crippen LogP contribution in [0.5, 0.6) is 0 Å². The van der Waals surface area contributed by atoms with E-state index in [-0.39, 0.29) is 31.1 Å². The summed E-state index contributed by atoms with van der Waals surface area (Å²) >= 11 is 0. The summed E-state index contributed by atoms with van der Waals surface area (Å²) in [6.07, 6.45) is 50.1. The zero-order chi connectivity index (χ0) is 40.8. The predicted molar refractivity (Wildman–Crippen MR) is 238 cm³/mol. The Bertz CT molecular complexity index is 911. The van der Waals surface area contributed by atoms with Crippen molar-refractivity contribution in [2.45, 2.75) is 264 Å². The first-order valence-corrected chi connectivity index (χ1v) is 24.4. The van der Waals surface area contributed by atoms with Crippen LogP contribution in [-0.2, 0) is 28.6 Å². The van der Waals surface area contributed by atoms with Gasteiger partial charge in [0.1, 0.15) is 13.2 Å². The summed E-state index contributed by atoms with van der Waals surface area (Å²) in [5.41, 5.74) is 0. The van der Waals surface area contributed by atoms with Gasteiger partial charge in [-0.1, -0.05) is 218 Å². The predicted octanol–water partition coefficient (Wildman–Crippen LogP) is 15.6. The molecule has 56 heavy (non-hydrogen) atoms. The lowest BCUT2D eigenvalue weighted by molar-refractivity contribution is -0.167. The van der Waals surface area contributed by atoms with E-state index in [4.69, 9.17) is 14.2 Å². The highest BCUT2D eigenvalue weighted by Crippen LogP contribution is 2.15. The van der Waals surface area contributed by atoms with Gasteiger partial charge in [-0.05, 0) is 44.9 Å². The van der Waals surface area contributed by atoms with Crippen LogP contribution in [0.25, 0.3) is 0 Å². The standard InChI is InChI=1S/C50H92O6/c1-4-7-10-13-16-19-21-23-25-27-28-31-34-37-40-43-49(52)55-46-47(45-54-48(51)42-39-36-33-30-18-15-12-9-6-3)56-50(53)44-41-38-35-32-29-26-24-22-20-17-14-11-8-5-2/h16,19,21,23,47H,4-15,17-18,20,22,24-46H2,1-3H3/b19-16-,23-21-. The zero-order valence-corrected chi connectivity index (χ0v) is 37.4. The number of unbranched alkanes of at least 4 members (excludes halogenated alkanes) is 30. The van der Waals surface area contributed by atoms with Gasteiger partial charge in [0.15, 0.2) is 6.10 Å². The van der Waals surface area contributed by atoms with Gasteiger partial charge in [0.05, 0.1) is 0 Å². The van der Waals surface area contributed by atoms with Gasteiger partial charge in [0.2, 0.25) is 0 Å². The van der Waals surface area contributed by atoms with E-state index < -0.39 is 6.10 Å². The maximum absolute atomic E-state index is 12.7. The Morgan fingerprint density at radius 2 is 0.625 bits per heavy atom. The van der Waals surface area contributed by atoms with Crippen LogP contribution in [0.15, 0.2) is 24.3 Å². The summed E-state index contributed by atoms with van der Waals surface area (Å²) in [6.45, 7) is 6.59. The number of esters is 3. The second-order valence-corrected chi connectivity index (χ2v) is 16.4. The first-order valence-electron chi connectivity index (χ1n) is 24.4. The molecule has 0 aliphatic carbocycles. The molecule has 0 bridgehead atoms. The highest BCUT2D eigenvalue weighted by Gasteiger charge is 2.19. The molecule has 1 unspecified atom stereocenters. The lowest BCUT2D eigenvalue weighted by atomic mass is 10.0. The van der Waals surface area contributed by atoms with Crippen LogP contribution >= 0.6 is 0 Å². The molecule has 0 radical (unpaired) electrons. The second kappa shape index (κ2) is 45.6. The first kappa shape index (κ1) is 53.9. The summed E-state index contributed by atoms with van der Waals surface area (Å²) in [5.74, 6) is -0.876. The first-order chi connectivity index (χ1) is 27.5. The number of rotatable bonds is 44. The smallest absolute Gasteiger partial charge is 0.306 e. The third-order valence-electron chi connectivity index (χ3n) is 10.7. The van der Waals surface area contributed by atoms with E-state index in [0.29, 0.717) is 19.3 Å². The van der Waals surface area contributed by atoms with Crippen LogP contribution in [0.4, 0.5) is 0 Å². The van der Waals surface area contributed by atoms with Gasteiger partial charge in [0, 0.05) is 19.3 Å². The van der Waals surface area contributed by atoms with Crippen molar-refractivity contribution in [3.8, 4) is 0 Å². The molecule has 0 amide bonds. The molecule has 328 valence electrons. The van der Waals surface area contributed by atoms with Crippen LogP contribution in [0.3, 0.4) is 0 Å². The average Bonchev–Trinajstić information content (AvgIpc) is 3.19. The van der Waals surface area contributed by atoms with Gasteiger partial charge in [0.25, 0.3) is 0 Å². The minimum Gasteiger partial charge on any atom is -0.462 e. The number of hydrogen-bond donors (Lipinski definition) is 0. The fourth-order valence-corrected chi connectivity index (χ4v) is 7.02. The Balaban J connectivity index is 4.33. The largest absolute Gasteiger partial charge is 0.462 e. The topological polar surface area (TPSA) is 78.9 Å². The summed E-state index contributed by atoms with van der Waals surface area (Å²) in [4.78, 5) is 37.8. The van der Waals surface area contributed by atoms with Crippen LogP contribution < -0.4 is 0 Å². The molecule has 0 aliphatic heterocycles. The molecule has 0 spiro atoms. The third-order valence-corrected chi connectivity index (χ3v) is 10.7. The molecule has 0 fully saturated rings. The summed E-state index contributed by atoms with van der Waals surface area (Å²) in [5, 5.41) is 0. The number of allylic oxidation sites excluding steroid dienone is 4. The van der Waals surface area contributed by atoms with Gasteiger partial charge in [-0.25, -0.2) is 0 Å². The minimum atomic E-state index is -0.768. The Hall–Kier alpha value is -2.11. The maximum Gasteiger partial charge on any atom is 0.306 e. The number of carbonyl (C=O) groups excluding carboxylic acids is 3. The van der Waals surface area contributed by atoms with Crippen molar-refractivity contribution in [3.63, 3.8) is 0 Å². The van der Waals surface area contributed by atoms with Gasteiger partial charge in [-0.3, -0.25) is 14.4 Å². The highest BCUT2D eigenvalue weighted by atomic mass is 16.6. The molecule has 1 atom stereocenters. The summed E-state index contributed by atoms with van der Waals surface area (Å²) < 4.78 is 16.7. The van der Waals surface area contributed by atoms with Gasteiger partial charge < -0.3 is 14.2 Å². The van der Waals surface area contributed by atoms with Crippen LogP contribution in [0.1, 0.15) is 258 Å². The van der Waals surface area contributed by atoms with Crippen molar-refractivity contribution in [3.05, 3.63) is 24.3 Å². The van der Waals surface area contributed by atoms with E-state index in [9.17, 15) is 14.4 Å². The molecule has 0 aliphatic rings. The van der Waals surface area contributed by atoms with Crippen molar-refractivity contribution in [1.82, 2.24) is 0 Å². The number of hydrogen-bond acceptors (Lipinski definition) is 6. The molecule has 0 saturated carbocycles. The normalized spacial score (nSPS) is 12.1. The molecule has 0 aromatic heterocycles. The van der Waals surface area contributed by atoms with E-state index in [1.165, 1.54) is 154 Å². The highest BCUT2D eigenvalue weighted by molar-refractivity contribution is 5.71. The molecule has 0 aromatic rings. The Morgan fingerprint density at radius 1 is 0.357 bits per heavy atom. The van der Waals surface area contributed by atoms with E-state index in [0.717, 1.165) is 64.2 Å². The van der Waals surface area contributed by atoms with Crippen LogP contribution in [-0.4, -0.2) is 37.2 Å². The average molecular weight is 789 g/mol. The molecular formula is C50H92O6. The minimum absolute atomic E-state index is 0.0710. The molecule has 0 aromatic carbocycles. The Kier molecular flexibility index (Phi) is 43.9. The van der Waals surface area contributed by atoms with Gasteiger partial charge >= 0.3 is 17.9 Å². The van der Waals surface area contributed by atoms with Crippen molar-refractivity contribution in [2.24, 2.45) is 0 Å². The summed E-state index contributed by atoms with van der Waals surface area (Å²) in [6, 6.07) is 0. The Labute approximate surface area is 347 Å². The van der Waals surface area contributed by atoms with Crippen molar-refractivity contribution in [1.29, 1.82) is 0 Å². The van der Waals surface area contributed by atoms with E-state index >= 15 is 0 Å². The molecule has 0 rings (SSSR count). The van der Waals surface area contributed by atoms with Crippen LogP contribution in [0.2, 0.25) is 0 Å². The van der Waals surface area contributed by atoms with Crippen molar-refractivity contribution in [2.75, 3.05) is 13.2 Å². The van der Waals surface area contributed by atoms with Crippen molar-refractivity contribution < 1.29 is 28.6 Å². The lowest BCUT2D eigenvalue weighted by Gasteiger charge is -2.18. The van der Waals surface area contributed by atoms with Crippen LogP contribution in [0, 0.1) is 0 Å². The fraction of sp³-hybridized carbons (Fsp3) is 0.860. The molecular weight excluding hydrogens is 697 g/mol. The maximum atomic E-state index is 12.7. The number of carbonyl (C=O) groups is 3. The fourth-order valence-electron chi connectivity index (χ4n) is 7.02. The quantitative estimate of drug-likeness (QED) is 0.0265. The zero-order valence-electron chi connectivity index (χ0n) is 37.4. The molecule has 0 N–H and O–H groups in total. The molecule has 0 saturated heterocycles. The number of ether oxygens (including phenoxy) is 3. The molecule has 6 heteroatoms. The third kappa shape index (κ3) is 43.0. The van der Waals surface area contributed by atoms with E-state index in [1.807, 2.05) is 0 Å².